The van der Waals surface area contributed by atoms with Crippen molar-refractivity contribution in [2.24, 2.45) is 0 Å². The standard InChI is InChI=1S/C22H25N3O3S/c1-24(2)12-13-25(21(26)11-10-16-8-6-5-7-9-16)22-23-17-14-18(27-3)19(28-4)15-20(17)29-22/h5-11,14-15H,12-13H2,1-4H3/b11-10+. The fourth-order valence-corrected chi connectivity index (χ4v) is 3.79. The maximum Gasteiger partial charge on any atom is 0.252 e. The first-order chi connectivity index (χ1) is 14.0. The topological polar surface area (TPSA) is 54.9 Å². The van der Waals surface area contributed by atoms with Crippen LogP contribution in [-0.2, 0) is 4.79 Å². The number of rotatable bonds is 8. The van der Waals surface area contributed by atoms with E-state index in [1.54, 1.807) is 25.2 Å². The van der Waals surface area contributed by atoms with Crippen molar-refractivity contribution in [2.75, 3.05) is 46.3 Å². The molecule has 0 aliphatic carbocycles. The first kappa shape index (κ1) is 20.8. The summed E-state index contributed by atoms with van der Waals surface area (Å²) >= 11 is 1.46. The molecule has 29 heavy (non-hydrogen) atoms. The number of fused-ring (bicyclic) bond motifs is 1. The zero-order chi connectivity index (χ0) is 20.8. The van der Waals surface area contributed by atoms with Gasteiger partial charge in [-0.05, 0) is 25.7 Å². The van der Waals surface area contributed by atoms with E-state index in [1.165, 1.54) is 11.3 Å². The number of nitrogens with zero attached hydrogens (tertiary/aromatic N) is 3. The van der Waals surface area contributed by atoms with Crippen molar-refractivity contribution in [3.63, 3.8) is 0 Å². The minimum absolute atomic E-state index is 0.103. The molecule has 0 unspecified atom stereocenters. The van der Waals surface area contributed by atoms with Gasteiger partial charge in [-0.2, -0.15) is 0 Å². The predicted octanol–water partition coefficient (Wildman–Crippen LogP) is 3.92. The highest BCUT2D eigenvalue weighted by molar-refractivity contribution is 7.22. The lowest BCUT2D eigenvalue weighted by atomic mass is 10.2. The van der Waals surface area contributed by atoms with E-state index in [0.29, 0.717) is 23.2 Å². The average Bonchev–Trinajstić information content (AvgIpc) is 3.14. The summed E-state index contributed by atoms with van der Waals surface area (Å²) in [6.07, 6.45) is 3.42. The van der Waals surface area contributed by atoms with Gasteiger partial charge in [0.1, 0.15) is 0 Å². The number of aromatic nitrogens is 1. The van der Waals surface area contributed by atoms with Crippen LogP contribution >= 0.6 is 11.3 Å². The first-order valence-corrected chi connectivity index (χ1v) is 10.1. The third-order valence-electron chi connectivity index (χ3n) is 4.37. The van der Waals surface area contributed by atoms with Crippen LogP contribution in [0.5, 0.6) is 11.5 Å². The maximum atomic E-state index is 13.0. The fraction of sp³-hybridized carbons (Fsp3) is 0.273. The van der Waals surface area contributed by atoms with E-state index < -0.39 is 0 Å². The minimum Gasteiger partial charge on any atom is -0.493 e. The Labute approximate surface area is 175 Å². The van der Waals surface area contributed by atoms with Crippen LogP contribution in [0.3, 0.4) is 0 Å². The molecule has 152 valence electrons. The molecule has 2 aromatic carbocycles. The second-order valence-corrected chi connectivity index (χ2v) is 7.72. The van der Waals surface area contributed by atoms with Crippen LogP contribution in [0.25, 0.3) is 16.3 Å². The van der Waals surface area contributed by atoms with Crippen LogP contribution in [0.4, 0.5) is 5.13 Å². The number of methoxy groups -OCH3 is 2. The van der Waals surface area contributed by atoms with E-state index in [9.17, 15) is 4.79 Å². The Kier molecular flexibility index (Phi) is 6.85. The molecule has 3 aromatic rings. The van der Waals surface area contributed by atoms with E-state index in [1.807, 2.05) is 67.5 Å². The van der Waals surface area contributed by atoms with Gasteiger partial charge in [0.2, 0.25) is 0 Å². The summed E-state index contributed by atoms with van der Waals surface area (Å²) in [6.45, 7) is 1.27. The molecule has 0 fully saturated rings. The maximum absolute atomic E-state index is 13.0. The summed E-state index contributed by atoms with van der Waals surface area (Å²) in [5.41, 5.74) is 1.75. The van der Waals surface area contributed by atoms with Crippen molar-refractivity contribution < 1.29 is 14.3 Å². The normalized spacial score (nSPS) is 11.3. The number of likely N-dealkylation sites (N-methyl/N-ethyl adjacent to an activating group) is 1. The molecule has 0 N–H and O–H groups in total. The largest absolute Gasteiger partial charge is 0.493 e. The van der Waals surface area contributed by atoms with Crippen molar-refractivity contribution in [1.29, 1.82) is 0 Å². The number of thiazole rings is 1. The van der Waals surface area contributed by atoms with E-state index in [0.717, 1.165) is 22.3 Å². The second kappa shape index (κ2) is 9.54. The molecule has 0 aliphatic heterocycles. The molecule has 0 bridgehead atoms. The van der Waals surface area contributed by atoms with E-state index >= 15 is 0 Å². The number of carbonyl (C=O) groups excluding carboxylic acids is 1. The minimum atomic E-state index is -0.103. The third-order valence-corrected chi connectivity index (χ3v) is 5.41. The Balaban J connectivity index is 1.93. The quantitative estimate of drug-likeness (QED) is 0.526. The van der Waals surface area contributed by atoms with Crippen LogP contribution in [-0.4, -0.2) is 57.2 Å². The molecule has 1 aromatic heterocycles. The Hall–Kier alpha value is -2.90. The van der Waals surface area contributed by atoms with Gasteiger partial charge in [-0.25, -0.2) is 4.98 Å². The molecule has 3 rings (SSSR count). The van der Waals surface area contributed by atoms with Crippen molar-refractivity contribution >= 4 is 38.7 Å². The Bertz CT molecular complexity index is 958. The number of anilines is 1. The zero-order valence-corrected chi connectivity index (χ0v) is 17.9. The van der Waals surface area contributed by atoms with Crippen molar-refractivity contribution in [2.45, 2.75) is 0 Å². The lowest BCUT2D eigenvalue weighted by Crippen LogP contribution is -2.35. The molecule has 0 spiro atoms. The van der Waals surface area contributed by atoms with Crippen LogP contribution in [0, 0.1) is 0 Å². The fourth-order valence-electron chi connectivity index (χ4n) is 2.78. The number of amides is 1. The van der Waals surface area contributed by atoms with Crippen molar-refractivity contribution in [3.05, 3.63) is 54.1 Å². The van der Waals surface area contributed by atoms with Gasteiger partial charge in [0.15, 0.2) is 16.6 Å². The van der Waals surface area contributed by atoms with Gasteiger partial charge in [-0.3, -0.25) is 9.69 Å². The lowest BCUT2D eigenvalue weighted by Gasteiger charge is -2.20. The van der Waals surface area contributed by atoms with Crippen LogP contribution < -0.4 is 14.4 Å². The molecule has 0 radical (unpaired) electrons. The summed E-state index contributed by atoms with van der Waals surface area (Å²) in [7, 11) is 7.16. The molecule has 0 aliphatic rings. The van der Waals surface area contributed by atoms with Gasteiger partial charge in [0.25, 0.3) is 5.91 Å². The molecule has 1 amide bonds. The SMILES string of the molecule is COc1cc2nc(N(CCN(C)C)C(=O)/C=C/c3ccccc3)sc2cc1OC. The second-order valence-electron chi connectivity index (χ2n) is 6.71. The average molecular weight is 412 g/mol. The molecule has 0 saturated carbocycles. The van der Waals surface area contributed by atoms with Gasteiger partial charge in [0, 0.05) is 31.3 Å². The lowest BCUT2D eigenvalue weighted by molar-refractivity contribution is -0.114. The van der Waals surface area contributed by atoms with Crippen molar-refractivity contribution in [3.8, 4) is 11.5 Å². The summed E-state index contributed by atoms with van der Waals surface area (Å²) in [4.78, 5) is 21.4. The number of ether oxygens (including phenoxy) is 2. The Morgan fingerprint density at radius 2 is 1.76 bits per heavy atom. The van der Waals surface area contributed by atoms with Gasteiger partial charge < -0.3 is 14.4 Å². The summed E-state index contributed by atoms with van der Waals surface area (Å²) in [5.74, 6) is 1.16. The Morgan fingerprint density at radius 1 is 1.07 bits per heavy atom. The monoisotopic (exact) mass is 411 g/mol. The van der Waals surface area contributed by atoms with Crippen LogP contribution in [0.2, 0.25) is 0 Å². The summed E-state index contributed by atoms with van der Waals surface area (Å²) in [6, 6.07) is 13.5. The third kappa shape index (κ3) is 5.13. The van der Waals surface area contributed by atoms with E-state index in [4.69, 9.17) is 9.47 Å². The highest BCUT2D eigenvalue weighted by Crippen LogP contribution is 2.37. The predicted molar refractivity (Wildman–Crippen MR) is 119 cm³/mol. The highest BCUT2D eigenvalue weighted by Gasteiger charge is 2.19. The molecule has 0 atom stereocenters. The molecular weight excluding hydrogens is 386 g/mol. The number of carbonyl (C=O) groups is 1. The van der Waals surface area contributed by atoms with Gasteiger partial charge in [-0.1, -0.05) is 41.7 Å². The summed E-state index contributed by atoms with van der Waals surface area (Å²) < 4.78 is 11.7. The number of benzene rings is 2. The smallest absolute Gasteiger partial charge is 0.252 e. The molecule has 1 heterocycles. The molecule has 6 nitrogen and oxygen atoms in total. The van der Waals surface area contributed by atoms with Gasteiger partial charge in [-0.15, -0.1) is 0 Å². The number of hydrogen-bond acceptors (Lipinski definition) is 6. The van der Waals surface area contributed by atoms with Gasteiger partial charge >= 0.3 is 0 Å². The van der Waals surface area contributed by atoms with Crippen molar-refractivity contribution in [1.82, 2.24) is 9.88 Å². The van der Waals surface area contributed by atoms with Gasteiger partial charge in [0.05, 0.1) is 24.4 Å². The molecule has 0 saturated heterocycles. The van der Waals surface area contributed by atoms with Crippen LogP contribution in [0.15, 0.2) is 48.5 Å². The highest BCUT2D eigenvalue weighted by atomic mass is 32.1. The number of hydrogen-bond donors (Lipinski definition) is 0. The summed E-state index contributed by atoms with van der Waals surface area (Å²) in [5, 5.41) is 0.653. The molecule has 7 heteroatoms. The van der Waals surface area contributed by atoms with E-state index in [2.05, 4.69) is 4.98 Å². The van der Waals surface area contributed by atoms with E-state index in [-0.39, 0.29) is 5.91 Å². The molecular formula is C22H25N3O3S. The Morgan fingerprint density at radius 3 is 2.41 bits per heavy atom. The zero-order valence-electron chi connectivity index (χ0n) is 17.1. The first-order valence-electron chi connectivity index (χ1n) is 9.23. The van der Waals surface area contributed by atoms with Crippen LogP contribution in [0.1, 0.15) is 5.56 Å².